The lowest BCUT2D eigenvalue weighted by molar-refractivity contribution is 0.624. The van der Waals surface area contributed by atoms with Crippen LogP contribution in [0.2, 0.25) is 0 Å². The average molecular weight is 301 g/mol. The molecule has 4 rings (SSSR count). The maximum absolute atomic E-state index is 13.9. The second-order valence-corrected chi connectivity index (χ2v) is 6.00. The first-order valence-corrected chi connectivity index (χ1v) is 7.49. The number of rotatable bonds is 2. The largest absolute Gasteiger partial charge is 0.308 e. The van der Waals surface area contributed by atoms with E-state index in [0.717, 1.165) is 29.5 Å². The van der Waals surface area contributed by atoms with Crippen molar-refractivity contribution in [3.05, 3.63) is 34.6 Å². The second kappa shape index (κ2) is 4.71. The van der Waals surface area contributed by atoms with Crippen LogP contribution in [0.25, 0.3) is 21.7 Å². The molecule has 7 heteroatoms. The minimum Gasteiger partial charge on any atom is -0.308 e. The Morgan fingerprint density at radius 1 is 1.29 bits per heavy atom. The van der Waals surface area contributed by atoms with E-state index in [2.05, 4.69) is 20.4 Å². The van der Waals surface area contributed by atoms with Gasteiger partial charge in [-0.3, -0.25) is 0 Å². The van der Waals surface area contributed by atoms with Gasteiger partial charge in [0, 0.05) is 11.1 Å². The number of nitrogens with one attached hydrogen (secondary N) is 1. The molecule has 1 aliphatic rings. The molecule has 0 unspecified atom stereocenters. The van der Waals surface area contributed by atoms with E-state index in [1.165, 1.54) is 22.7 Å². The summed E-state index contributed by atoms with van der Waals surface area (Å²) in [6, 6.07) is 2.89. The SMILES string of the molecule is NNc1nc(-c2ncccc2F)nc2sc3c(c12)CCC3. The van der Waals surface area contributed by atoms with Gasteiger partial charge >= 0.3 is 0 Å². The third kappa shape index (κ3) is 1.89. The molecule has 0 saturated carbocycles. The van der Waals surface area contributed by atoms with E-state index in [1.54, 1.807) is 17.4 Å². The summed E-state index contributed by atoms with van der Waals surface area (Å²) in [5.74, 6) is 5.96. The number of pyridine rings is 1. The highest BCUT2D eigenvalue weighted by molar-refractivity contribution is 7.19. The maximum Gasteiger partial charge on any atom is 0.184 e. The smallest absolute Gasteiger partial charge is 0.184 e. The standard InChI is InChI=1S/C14H12FN5S/c15-8-4-2-6-17-11(8)13-18-12(20-16)10-7-3-1-5-9(7)21-14(10)19-13/h2,4,6H,1,3,5,16H2,(H,18,19,20). The van der Waals surface area contributed by atoms with Crippen LogP contribution in [0.3, 0.4) is 0 Å². The first-order chi connectivity index (χ1) is 10.3. The molecule has 0 radical (unpaired) electrons. The van der Waals surface area contributed by atoms with Gasteiger partial charge in [0.05, 0.1) is 5.39 Å². The van der Waals surface area contributed by atoms with Gasteiger partial charge in [0.25, 0.3) is 0 Å². The predicted octanol–water partition coefficient (Wildman–Crippen LogP) is 2.67. The molecule has 0 saturated heterocycles. The van der Waals surface area contributed by atoms with E-state index in [9.17, 15) is 4.39 Å². The van der Waals surface area contributed by atoms with Crippen LogP contribution in [0.5, 0.6) is 0 Å². The van der Waals surface area contributed by atoms with Gasteiger partial charge in [-0.05, 0) is 37.0 Å². The summed E-state index contributed by atoms with van der Waals surface area (Å²) in [4.78, 5) is 15.0. The molecule has 0 aliphatic heterocycles. The maximum atomic E-state index is 13.9. The Morgan fingerprint density at radius 2 is 2.19 bits per heavy atom. The van der Waals surface area contributed by atoms with Crippen LogP contribution < -0.4 is 11.3 Å². The van der Waals surface area contributed by atoms with Crippen LogP contribution in [0.1, 0.15) is 16.9 Å². The molecule has 0 bridgehead atoms. The molecular formula is C14H12FN5S. The third-order valence-corrected chi connectivity index (χ3v) is 4.86. The van der Waals surface area contributed by atoms with Gasteiger partial charge in [-0.2, -0.15) is 0 Å². The summed E-state index contributed by atoms with van der Waals surface area (Å²) in [6.45, 7) is 0. The molecule has 5 nitrogen and oxygen atoms in total. The molecule has 21 heavy (non-hydrogen) atoms. The lowest BCUT2D eigenvalue weighted by atomic mass is 10.2. The van der Waals surface area contributed by atoms with Crippen molar-refractivity contribution < 1.29 is 4.39 Å². The van der Waals surface area contributed by atoms with Gasteiger partial charge in [0.2, 0.25) is 0 Å². The van der Waals surface area contributed by atoms with Crippen molar-refractivity contribution in [1.82, 2.24) is 15.0 Å². The number of thiophene rings is 1. The van der Waals surface area contributed by atoms with Crippen LogP contribution in [0.15, 0.2) is 18.3 Å². The number of anilines is 1. The highest BCUT2D eigenvalue weighted by Crippen LogP contribution is 2.40. The number of aromatic nitrogens is 3. The molecular weight excluding hydrogens is 289 g/mol. The third-order valence-electron chi connectivity index (χ3n) is 3.67. The summed E-state index contributed by atoms with van der Waals surface area (Å²) < 4.78 is 13.9. The van der Waals surface area contributed by atoms with E-state index >= 15 is 0 Å². The highest BCUT2D eigenvalue weighted by atomic mass is 32.1. The number of nitrogens with zero attached hydrogens (tertiary/aromatic N) is 3. The Bertz CT molecular complexity index is 845. The zero-order valence-electron chi connectivity index (χ0n) is 11.1. The predicted molar refractivity (Wildman–Crippen MR) is 80.4 cm³/mol. The number of hydrogen-bond donors (Lipinski definition) is 2. The number of aryl methyl sites for hydroxylation is 2. The minimum atomic E-state index is -0.441. The molecule has 0 spiro atoms. The van der Waals surface area contributed by atoms with Crippen LogP contribution in [0.4, 0.5) is 10.2 Å². The summed E-state index contributed by atoms with van der Waals surface area (Å²) >= 11 is 1.63. The van der Waals surface area contributed by atoms with Crippen molar-refractivity contribution in [2.75, 3.05) is 5.43 Å². The summed E-state index contributed by atoms with van der Waals surface area (Å²) in [6.07, 6.45) is 4.76. The summed E-state index contributed by atoms with van der Waals surface area (Å²) in [5.41, 5.74) is 4.04. The fraction of sp³-hybridized carbons (Fsp3) is 0.214. The average Bonchev–Trinajstić information content (AvgIpc) is 3.07. The number of hydrogen-bond acceptors (Lipinski definition) is 6. The number of nitrogen functional groups attached to an aromatic ring is 1. The number of hydrazine groups is 1. The van der Waals surface area contributed by atoms with Crippen molar-refractivity contribution >= 4 is 27.4 Å². The van der Waals surface area contributed by atoms with Gasteiger partial charge in [-0.15, -0.1) is 11.3 Å². The monoisotopic (exact) mass is 301 g/mol. The minimum absolute atomic E-state index is 0.143. The van der Waals surface area contributed by atoms with Crippen molar-refractivity contribution in [2.24, 2.45) is 5.84 Å². The van der Waals surface area contributed by atoms with E-state index in [0.29, 0.717) is 5.82 Å². The van der Waals surface area contributed by atoms with Crippen molar-refractivity contribution in [1.29, 1.82) is 0 Å². The fourth-order valence-corrected chi connectivity index (χ4v) is 4.02. The molecule has 0 aromatic carbocycles. The normalized spacial score (nSPS) is 13.6. The highest BCUT2D eigenvalue weighted by Gasteiger charge is 2.23. The Hall–Kier alpha value is -2.12. The Labute approximate surface area is 124 Å². The van der Waals surface area contributed by atoms with Crippen LogP contribution in [-0.4, -0.2) is 15.0 Å². The molecule has 3 aromatic rings. The second-order valence-electron chi connectivity index (χ2n) is 4.91. The van der Waals surface area contributed by atoms with Gasteiger partial charge in [0.15, 0.2) is 17.5 Å². The van der Waals surface area contributed by atoms with Gasteiger partial charge in [-0.1, -0.05) is 0 Å². The zero-order chi connectivity index (χ0) is 14.4. The van der Waals surface area contributed by atoms with Crippen molar-refractivity contribution in [3.63, 3.8) is 0 Å². The Morgan fingerprint density at radius 3 is 3.00 bits per heavy atom. The first-order valence-electron chi connectivity index (χ1n) is 6.67. The van der Waals surface area contributed by atoms with Crippen molar-refractivity contribution in [3.8, 4) is 11.5 Å². The lowest BCUT2D eigenvalue weighted by Gasteiger charge is -2.06. The molecule has 3 aromatic heterocycles. The molecule has 0 amide bonds. The van der Waals surface area contributed by atoms with E-state index < -0.39 is 5.82 Å². The summed E-state index contributed by atoms with van der Waals surface area (Å²) in [7, 11) is 0. The van der Waals surface area contributed by atoms with E-state index in [4.69, 9.17) is 5.84 Å². The van der Waals surface area contributed by atoms with E-state index in [-0.39, 0.29) is 11.5 Å². The number of nitrogens with two attached hydrogens (primary N) is 1. The fourth-order valence-electron chi connectivity index (χ4n) is 2.76. The topological polar surface area (TPSA) is 76.7 Å². The molecule has 0 fully saturated rings. The zero-order valence-corrected chi connectivity index (χ0v) is 11.9. The summed E-state index contributed by atoms with van der Waals surface area (Å²) in [5, 5.41) is 0.968. The number of fused-ring (bicyclic) bond motifs is 3. The van der Waals surface area contributed by atoms with Crippen LogP contribution in [0, 0.1) is 5.82 Å². The van der Waals surface area contributed by atoms with E-state index in [1.807, 2.05) is 0 Å². The van der Waals surface area contributed by atoms with Gasteiger partial charge < -0.3 is 5.43 Å². The molecule has 3 N–H and O–H groups in total. The van der Waals surface area contributed by atoms with Crippen LogP contribution in [-0.2, 0) is 12.8 Å². The molecule has 106 valence electrons. The number of halogens is 1. The Kier molecular flexibility index (Phi) is 2.83. The Balaban J connectivity index is 1.99. The molecule has 1 aliphatic carbocycles. The van der Waals surface area contributed by atoms with Gasteiger partial charge in [-0.25, -0.2) is 25.2 Å². The molecule has 3 heterocycles. The van der Waals surface area contributed by atoms with Crippen molar-refractivity contribution in [2.45, 2.75) is 19.3 Å². The quantitative estimate of drug-likeness (QED) is 0.562. The van der Waals surface area contributed by atoms with Gasteiger partial charge in [0.1, 0.15) is 10.5 Å². The van der Waals surface area contributed by atoms with Crippen LogP contribution >= 0.6 is 11.3 Å². The lowest BCUT2D eigenvalue weighted by Crippen LogP contribution is -2.10. The first kappa shape index (κ1) is 12.6. The molecule has 0 atom stereocenters.